The SMILES string of the molecule is CC/C=C\C/C=C\C/C=C\C/C=C\C/C=C\CCCCCC(=O)OCC(COC(=O)CCCCCCCCCCCCC)OC(=O)CCCCCCC/C=C\CCCCCCCC. The summed E-state index contributed by atoms with van der Waals surface area (Å²) in [5.74, 6) is -0.927. The lowest BCUT2D eigenvalue weighted by Gasteiger charge is -2.18. The van der Waals surface area contributed by atoms with E-state index < -0.39 is 6.10 Å². The van der Waals surface area contributed by atoms with Crippen LogP contribution in [0.25, 0.3) is 0 Å². The molecule has 0 fully saturated rings. The van der Waals surface area contributed by atoms with Crippen LogP contribution in [0.3, 0.4) is 0 Å². The highest BCUT2D eigenvalue weighted by Crippen LogP contribution is 2.14. The molecule has 1 atom stereocenters. The molecule has 6 heteroatoms. The predicted octanol–water partition coefficient (Wildman–Crippen LogP) is 17.4. The van der Waals surface area contributed by atoms with E-state index in [2.05, 4.69) is 93.7 Å². The van der Waals surface area contributed by atoms with Crippen LogP contribution in [-0.4, -0.2) is 37.2 Å². The number of unbranched alkanes of at least 4 members (excludes halogenated alkanes) is 24. The van der Waals surface area contributed by atoms with Crippen molar-refractivity contribution in [2.45, 2.75) is 258 Å². The van der Waals surface area contributed by atoms with Gasteiger partial charge in [0, 0.05) is 19.3 Å². The molecule has 1 unspecified atom stereocenters. The molecule has 0 aliphatic rings. The Hall–Kier alpha value is -3.15. The van der Waals surface area contributed by atoms with E-state index in [9.17, 15) is 14.4 Å². The zero-order valence-electron chi connectivity index (χ0n) is 41.3. The lowest BCUT2D eigenvalue weighted by molar-refractivity contribution is -0.167. The monoisotopic (exact) mass is 879 g/mol. The number of hydrogen-bond acceptors (Lipinski definition) is 6. The fraction of sp³-hybridized carbons (Fsp3) is 0.737. The Bertz CT molecular complexity index is 1190. The number of carbonyl (C=O) groups excluding carboxylic acids is 3. The Morgan fingerprint density at radius 3 is 1.00 bits per heavy atom. The lowest BCUT2D eigenvalue weighted by Crippen LogP contribution is -2.30. The maximum Gasteiger partial charge on any atom is 0.306 e. The average Bonchev–Trinajstić information content (AvgIpc) is 3.28. The maximum absolute atomic E-state index is 12.8. The minimum absolute atomic E-state index is 0.0878. The van der Waals surface area contributed by atoms with E-state index in [-0.39, 0.29) is 31.1 Å². The van der Waals surface area contributed by atoms with Crippen LogP contribution in [0.4, 0.5) is 0 Å². The van der Waals surface area contributed by atoms with Crippen LogP contribution in [-0.2, 0) is 28.6 Å². The van der Waals surface area contributed by atoms with Gasteiger partial charge in [0.1, 0.15) is 13.2 Å². The van der Waals surface area contributed by atoms with Gasteiger partial charge >= 0.3 is 17.9 Å². The first-order valence-electron chi connectivity index (χ1n) is 26.4. The minimum atomic E-state index is -0.791. The van der Waals surface area contributed by atoms with E-state index in [0.29, 0.717) is 19.3 Å². The van der Waals surface area contributed by atoms with Crippen molar-refractivity contribution in [1.82, 2.24) is 0 Å². The molecule has 6 nitrogen and oxygen atoms in total. The summed E-state index contributed by atoms with van der Waals surface area (Å²) in [6.45, 7) is 6.48. The fourth-order valence-corrected chi connectivity index (χ4v) is 7.23. The number of hydrogen-bond donors (Lipinski definition) is 0. The molecule has 0 aliphatic heterocycles. The van der Waals surface area contributed by atoms with Gasteiger partial charge in [0.05, 0.1) is 0 Å². The first-order chi connectivity index (χ1) is 31.0. The van der Waals surface area contributed by atoms with Crippen molar-refractivity contribution in [1.29, 1.82) is 0 Å². The molecule has 362 valence electrons. The largest absolute Gasteiger partial charge is 0.462 e. The van der Waals surface area contributed by atoms with E-state index in [4.69, 9.17) is 14.2 Å². The predicted molar refractivity (Wildman–Crippen MR) is 270 cm³/mol. The highest BCUT2D eigenvalue weighted by molar-refractivity contribution is 5.71. The number of rotatable bonds is 47. The molecule has 0 heterocycles. The van der Waals surface area contributed by atoms with E-state index >= 15 is 0 Å². The second-order valence-corrected chi connectivity index (χ2v) is 17.4. The number of esters is 3. The Morgan fingerprint density at radius 2 is 0.619 bits per heavy atom. The standard InChI is InChI=1S/C57H98O6/c1-4-7-10-13-16-19-22-24-26-27-28-29-31-32-35-38-41-44-47-50-56(59)62-53-54(52-61-55(58)49-46-43-40-37-34-21-18-15-12-9-6-3)63-57(60)51-48-45-42-39-36-33-30-25-23-20-17-14-11-8-5-2/h7,10,16,19,24-26,28-30,32,35,54H,4-6,8-9,11-15,17-18,20-23,27,31,33-34,36-53H2,1-3H3/b10-7-,19-16-,26-24-,29-28-,30-25-,35-32-. The van der Waals surface area contributed by atoms with Crippen molar-refractivity contribution < 1.29 is 28.6 Å². The number of allylic oxidation sites excluding steroid dienone is 12. The van der Waals surface area contributed by atoms with Gasteiger partial charge in [0.15, 0.2) is 6.10 Å². The van der Waals surface area contributed by atoms with Crippen LogP contribution in [0.2, 0.25) is 0 Å². The molecule has 0 saturated heterocycles. The smallest absolute Gasteiger partial charge is 0.306 e. The zero-order chi connectivity index (χ0) is 45.8. The summed E-state index contributed by atoms with van der Waals surface area (Å²) in [5, 5.41) is 0. The minimum Gasteiger partial charge on any atom is -0.462 e. The topological polar surface area (TPSA) is 78.9 Å². The summed E-state index contributed by atoms with van der Waals surface area (Å²) in [7, 11) is 0. The second kappa shape index (κ2) is 51.5. The molecule has 0 saturated carbocycles. The molecule has 0 spiro atoms. The third-order valence-corrected chi connectivity index (χ3v) is 11.2. The number of ether oxygens (including phenoxy) is 3. The van der Waals surface area contributed by atoms with Crippen molar-refractivity contribution in [2.24, 2.45) is 0 Å². The quantitative estimate of drug-likeness (QED) is 0.0262. The molecule has 0 rings (SSSR count). The first-order valence-corrected chi connectivity index (χ1v) is 26.4. The van der Waals surface area contributed by atoms with Gasteiger partial charge in [-0.05, 0) is 89.9 Å². The van der Waals surface area contributed by atoms with Crippen molar-refractivity contribution in [3.8, 4) is 0 Å². The number of carbonyl (C=O) groups is 3. The van der Waals surface area contributed by atoms with Crippen LogP contribution >= 0.6 is 0 Å². The van der Waals surface area contributed by atoms with Gasteiger partial charge in [0.2, 0.25) is 0 Å². The molecule has 0 radical (unpaired) electrons. The van der Waals surface area contributed by atoms with Crippen molar-refractivity contribution in [3.05, 3.63) is 72.9 Å². The van der Waals surface area contributed by atoms with Gasteiger partial charge in [-0.2, -0.15) is 0 Å². The van der Waals surface area contributed by atoms with Gasteiger partial charge in [-0.3, -0.25) is 14.4 Å². The van der Waals surface area contributed by atoms with Gasteiger partial charge < -0.3 is 14.2 Å². The van der Waals surface area contributed by atoms with Crippen LogP contribution < -0.4 is 0 Å². The molecule has 0 aliphatic carbocycles. The summed E-state index contributed by atoms with van der Waals surface area (Å²) in [4.78, 5) is 38.0. The third-order valence-electron chi connectivity index (χ3n) is 11.2. The Labute approximate surface area is 389 Å². The highest BCUT2D eigenvalue weighted by Gasteiger charge is 2.19. The molecule has 0 amide bonds. The summed E-state index contributed by atoms with van der Waals surface area (Å²) >= 11 is 0. The van der Waals surface area contributed by atoms with Gasteiger partial charge in [-0.15, -0.1) is 0 Å². The molecule has 0 bridgehead atoms. The first kappa shape index (κ1) is 59.9. The van der Waals surface area contributed by atoms with Crippen molar-refractivity contribution in [3.63, 3.8) is 0 Å². The third kappa shape index (κ3) is 49.7. The molecule has 0 N–H and O–H groups in total. The molecular formula is C57H98O6. The Balaban J connectivity index is 4.43. The summed E-state index contributed by atoms with van der Waals surface area (Å²) in [6, 6.07) is 0. The van der Waals surface area contributed by atoms with Crippen molar-refractivity contribution in [2.75, 3.05) is 13.2 Å². The Morgan fingerprint density at radius 1 is 0.333 bits per heavy atom. The fourth-order valence-electron chi connectivity index (χ4n) is 7.23. The summed E-state index contributed by atoms with van der Waals surface area (Å²) < 4.78 is 16.8. The highest BCUT2D eigenvalue weighted by atomic mass is 16.6. The van der Waals surface area contributed by atoms with Crippen LogP contribution in [0, 0.1) is 0 Å². The van der Waals surface area contributed by atoms with E-state index in [1.807, 2.05) is 0 Å². The molecule has 63 heavy (non-hydrogen) atoms. The van der Waals surface area contributed by atoms with Crippen LogP contribution in [0.15, 0.2) is 72.9 Å². The maximum atomic E-state index is 12.8. The normalized spacial score (nSPS) is 12.6. The molecule has 0 aromatic heterocycles. The summed E-state index contributed by atoms with van der Waals surface area (Å²) in [6.07, 6.45) is 64.5. The van der Waals surface area contributed by atoms with Gasteiger partial charge in [-0.25, -0.2) is 0 Å². The van der Waals surface area contributed by atoms with Crippen LogP contribution in [0.1, 0.15) is 252 Å². The lowest BCUT2D eigenvalue weighted by atomic mass is 10.1. The zero-order valence-corrected chi connectivity index (χ0v) is 41.3. The van der Waals surface area contributed by atoms with Crippen LogP contribution in [0.5, 0.6) is 0 Å². The van der Waals surface area contributed by atoms with E-state index in [1.54, 1.807) is 0 Å². The Kier molecular flexibility index (Phi) is 48.9. The molecule has 0 aromatic carbocycles. The van der Waals surface area contributed by atoms with Gasteiger partial charge in [0.25, 0.3) is 0 Å². The average molecular weight is 879 g/mol. The van der Waals surface area contributed by atoms with E-state index in [0.717, 1.165) is 109 Å². The molecular weight excluding hydrogens is 781 g/mol. The molecule has 0 aromatic rings. The van der Waals surface area contributed by atoms with Crippen molar-refractivity contribution >= 4 is 17.9 Å². The second-order valence-electron chi connectivity index (χ2n) is 17.4. The van der Waals surface area contributed by atoms with E-state index in [1.165, 1.54) is 103 Å². The summed E-state index contributed by atoms with van der Waals surface area (Å²) in [5.41, 5.74) is 0. The van der Waals surface area contributed by atoms with Gasteiger partial charge in [-0.1, -0.05) is 216 Å².